The Morgan fingerprint density at radius 2 is 2.10 bits per heavy atom. The van der Waals surface area contributed by atoms with Crippen molar-refractivity contribution < 1.29 is 4.79 Å². The number of amides is 1. The molecular formula is C14H22N4OS. The number of hydrogen-bond donors (Lipinski definition) is 2. The molecule has 0 aromatic carbocycles. The molecule has 0 unspecified atom stereocenters. The average molecular weight is 294 g/mol. The van der Waals surface area contributed by atoms with Crippen molar-refractivity contribution in [3.8, 4) is 0 Å². The van der Waals surface area contributed by atoms with E-state index in [2.05, 4.69) is 10.4 Å². The molecule has 1 heterocycles. The summed E-state index contributed by atoms with van der Waals surface area (Å²) in [4.78, 5) is 12.4. The Hall–Kier alpha value is -1.43. The maximum Gasteiger partial charge on any atom is 0.225 e. The number of nitrogens with one attached hydrogen (secondary N) is 1. The van der Waals surface area contributed by atoms with Crippen LogP contribution >= 0.6 is 12.2 Å². The SMILES string of the molecule is Cn1ncc(C(N)=S)c1NC(=O)CC1CCCCCC1. The van der Waals surface area contributed by atoms with Gasteiger partial charge in [0.25, 0.3) is 0 Å². The van der Waals surface area contributed by atoms with Gasteiger partial charge in [0.15, 0.2) is 0 Å². The van der Waals surface area contributed by atoms with Crippen LogP contribution in [0.1, 0.15) is 50.5 Å². The zero-order valence-corrected chi connectivity index (χ0v) is 12.7. The molecule has 0 aliphatic heterocycles. The second-order valence-corrected chi connectivity index (χ2v) is 5.94. The molecule has 1 aromatic rings. The Labute approximate surface area is 124 Å². The van der Waals surface area contributed by atoms with E-state index in [-0.39, 0.29) is 10.9 Å². The molecule has 2 rings (SSSR count). The summed E-state index contributed by atoms with van der Waals surface area (Å²) < 4.78 is 1.60. The van der Waals surface area contributed by atoms with Gasteiger partial charge in [-0.2, -0.15) is 5.10 Å². The average Bonchev–Trinajstić information content (AvgIpc) is 2.62. The second kappa shape index (κ2) is 6.83. The molecule has 110 valence electrons. The van der Waals surface area contributed by atoms with Crippen molar-refractivity contribution in [3.63, 3.8) is 0 Å². The van der Waals surface area contributed by atoms with E-state index in [0.29, 0.717) is 23.7 Å². The van der Waals surface area contributed by atoms with Crippen molar-refractivity contribution in [2.45, 2.75) is 44.9 Å². The van der Waals surface area contributed by atoms with Gasteiger partial charge >= 0.3 is 0 Å². The van der Waals surface area contributed by atoms with Crippen molar-refractivity contribution in [1.29, 1.82) is 0 Å². The zero-order valence-electron chi connectivity index (χ0n) is 11.9. The van der Waals surface area contributed by atoms with Gasteiger partial charge in [0.1, 0.15) is 10.8 Å². The molecule has 1 fully saturated rings. The summed E-state index contributed by atoms with van der Waals surface area (Å²) in [5, 5.41) is 6.99. The third kappa shape index (κ3) is 3.79. The van der Waals surface area contributed by atoms with Gasteiger partial charge < -0.3 is 11.1 Å². The van der Waals surface area contributed by atoms with E-state index in [4.69, 9.17) is 18.0 Å². The van der Waals surface area contributed by atoms with Gasteiger partial charge in [-0.05, 0) is 18.8 Å². The van der Waals surface area contributed by atoms with Gasteiger partial charge in [0, 0.05) is 13.5 Å². The molecule has 20 heavy (non-hydrogen) atoms. The highest BCUT2D eigenvalue weighted by Gasteiger charge is 2.18. The highest BCUT2D eigenvalue weighted by atomic mass is 32.1. The number of aryl methyl sites for hydroxylation is 1. The zero-order chi connectivity index (χ0) is 14.5. The summed E-state index contributed by atoms with van der Waals surface area (Å²) in [5.41, 5.74) is 6.26. The maximum absolute atomic E-state index is 12.2. The van der Waals surface area contributed by atoms with Gasteiger partial charge in [-0.25, -0.2) is 0 Å². The second-order valence-electron chi connectivity index (χ2n) is 5.50. The summed E-state index contributed by atoms with van der Waals surface area (Å²) in [7, 11) is 1.77. The van der Waals surface area contributed by atoms with Crippen LogP contribution in [0.15, 0.2) is 6.20 Å². The lowest BCUT2D eigenvalue weighted by atomic mass is 9.96. The third-order valence-electron chi connectivity index (χ3n) is 3.91. The first kappa shape index (κ1) is 15.0. The first-order valence-electron chi connectivity index (χ1n) is 7.19. The molecule has 1 amide bonds. The van der Waals surface area contributed by atoms with Gasteiger partial charge in [0.05, 0.1) is 11.8 Å². The molecule has 0 bridgehead atoms. The van der Waals surface area contributed by atoms with E-state index in [1.54, 1.807) is 17.9 Å². The predicted octanol–water partition coefficient (Wildman–Crippen LogP) is 2.35. The smallest absolute Gasteiger partial charge is 0.225 e. The first-order valence-corrected chi connectivity index (χ1v) is 7.60. The lowest BCUT2D eigenvalue weighted by Crippen LogP contribution is -2.21. The molecular weight excluding hydrogens is 272 g/mol. The number of nitrogens with two attached hydrogens (primary N) is 1. The number of carbonyl (C=O) groups is 1. The van der Waals surface area contributed by atoms with Crippen molar-refractivity contribution >= 4 is 28.9 Å². The molecule has 1 aromatic heterocycles. The molecule has 0 spiro atoms. The Morgan fingerprint density at radius 1 is 1.45 bits per heavy atom. The van der Waals surface area contributed by atoms with Crippen LogP contribution in [0.25, 0.3) is 0 Å². The van der Waals surface area contributed by atoms with Crippen LogP contribution < -0.4 is 11.1 Å². The maximum atomic E-state index is 12.2. The number of hydrogen-bond acceptors (Lipinski definition) is 3. The lowest BCUT2D eigenvalue weighted by Gasteiger charge is -2.14. The van der Waals surface area contributed by atoms with E-state index in [1.807, 2.05) is 0 Å². The fourth-order valence-corrected chi connectivity index (χ4v) is 2.93. The number of thiocarbonyl (C=S) groups is 1. The molecule has 0 saturated heterocycles. The van der Waals surface area contributed by atoms with Crippen LogP contribution in [0.2, 0.25) is 0 Å². The van der Waals surface area contributed by atoms with Gasteiger partial charge in [-0.1, -0.05) is 37.9 Å². The van der Waals surface area contributed by atoms with Crippen LogP contribution in [-0.2, 0) is 11.8 Å². The molecule has 1 aliphatic carbocycles. The summed E-state index contributed by atoms with van der Waals surface area (Å²) in [6.45, 7) is 0. The Balaban J connectivity index is 1.97. The standard InChI is InChI=1S/C14H22N4OS/c1-18-14(11(9-16-18)13(15)20)17-12(19)8-10-6-4-2-3-5-7-10/h9-10H,2-8H2,1H3,(H2,15,20)(H,17,19). The number of anilines is 1. The highest BCUT2D eigenvalue weighted by Crippen LogP contribution is 2.26. The van der Waals surface area contributed by atoms with Gasteiger partial charge in [-0.3, -0.25) is 9.48 Å². The van der Waals surface area contributed by atoms with E-state index < -0.39 is 0 Å². The quantitative estimate of drug-likeness (QED) is 0.660. The Morgan fingerprint density at radius 3 is 2.70 bits per heavy atom. The van der Waals surface area contributed by atoms with E-state index in [1.165, 1.54) is 25.7 Å². The normalized spacial score (nSPS) is 16.6. The Kier molecular flexibility index (Phi) is 5.11. The third-order valence-corrected chi connectivity index (χ3v) is 4.13. The van der Waals surface area contributed by atoms with Crippen LogP contribution in [0.4, 0.5) is 5.82 Å². The molecule has 0 atom stereocenters. The highest BCUT2D eigenvalue weighted by molar-refractivity contribution is 7.80. The number of nitrogens with zero attached hydrogens (tertiary/aromatic N) is 2. The van der Waals surface area contributed by atoms with Crippen molar-refractivity contribution in [1.82, 2.24) is 9.78 Å². The lowest BCUT2D eigenvalue weighted by molar-refractivity contribution is -0.117. The van der Waals surface area contributed by atoms with Crippen LogP contribution in [0.3, 0.4) is 0 Å². The molecule has 0 radical (unpaired) electrons. The summed E-state index contributed by atoms with van der Waals surface area (Å²) in [5.74, 6) is 1.12. The fourth-order valence-electron chi connectivity index (χ4n) is 2.78. The largest absolute Gasteiger partial charge is 0.389 e. The minimum Gasteiger partial charge on any atom is -0.389 e. The van der Waals surface area contributed by atoms with Crippen molar-refractivity contribution in [3.05, 3.63) is 11.8 Å². The fraction of sp³-hybridized carbons (Fsp3) is 0.643. The monoisotopic (exact) mass is 294 g/mol. The number of aromatic nitrogens is 2. The molecule has 6 heteroatoms. The summed E-state index contributed by atoms with van der Waals surface area (Å²) in [6.07, 6.45) is 9.54. The van der Waals surface area contributed by atoms with Crippen LogP contribution in [0.5, 0.6) is 0 Å². The topological polar surface area (TPSA) is 72.9 Å². The van der Waals surface area contributed by atoms with E-state index >= 15 is 0 Å². The van der Waals surface area contributed by atoms with Crippen molar-refractivity contribution in [2.24, 2.45) is 18.7 Å². The minimum atomic E-state index is 0.0259. The minimum absolute atomic E-state index is 0.0259. The molecule has 5 nitrogen and oxygen atoms in total. The summed E-state index contributed by atoms with van der Waals surface area (Å²) in [6, 6.07) is 0. The van der Waals surface area contributed by atoms with E-state index in [0.717, 1.165) is 12.8 Å². The number of rotatable bonds is 4. The summed E-state index contributed by atoms with van der Waals surface area (Å²) >= 11 is 4.97. The first-order chi connectivity index (χ1) is 9.58. The van der Waals surface area contributed by atoms with Gasteiger partial charge in [0.2, 0.25) is 5.91 Å². The van der Waals surface area contributed by atoms with Crippen LogP contribution in [-0.4, -0.2) is 20.7 Å². The molecule has 1 aliphatic rings. The van der Waals surface area contributed by atoms with E-state index in [9.17, 15) is 4.79 Å². The van der Waals surface area contributed by atoms with Crippen molar-refractivity contribution in [2.75, 3.05) is 5.32 Å². The van der Waals surface area contributed by atoms with Gasteiger partial charge in [-0.15, -0.1) is 0 Å². The molecule has 3 N–H and O–H groups in total. The predicted molar refractivity (Wildman–Crippen MR) is 83.5 cm³/mol. The van der Waals surface area contributed by atoms with Crippen LogP contribution in [0, 0.1) is 5.92 Å². The number of carbonyl (C=O) groups excluding carboxylic acids is 1. The molecule has 1 saturated carbocycles. The Bertz CT molecular complexity index is 489.